The number of methoxy groups -OCH3 is 1. The van der Waals surface area contributed by atoms with E-state index in [1.165, 1.54) is 6.07 Å². The Bertz CT molecular complexity index is 580. The fourth-order valence-electron chi connectivity index (χ4n) is 1.99. The van der Waals surface area contributed by atoms with Gasteiger partial charge in [0.15, 0.2) is 0 Å². The topological polar surface area (TPSA) is 39.1 Å². The fraction of sp³-hybridized carbons (Fsp3) is 0.400. The van der Waals surface area contributed by atoms with Crippen molar-refractivity contribution in [1.29, 1.82) is 0 Å². The van der Waals surface area contributed by atoms with Gasteiger partial charge >= 0.3 is 0 Å². The van der Waals surface area contributed by atoms with Crippen molar-refractivity contribution in [1.82, 2.24) is 9.55 Å². The van der Waals surface area contributed by atoms with Gasteiger partial charge in [0.2, 0.25) is 5.95 Å². The molecule has 20 heavy (non-hydrogen) atoms. The van der Waals surface area contributed by atoms with Gasteiger partial charge in [0, 0.05) is 18.8 Å². The van der Waals surface area contributed by atoms with E-state index in [1.807, 2.05) is 13.1 Å². The standard InChI is InChI=1S/C15H20FN3O/c1-4-5-8-17-15-18-11(2)10-19(15)14-9-12(20-3)6-7-13(14)16/h6-7,9-10H,4-5,8H2,1-3H3,(H,17,18). The van der Waals surface area contributed by atoms with E-state index in [0.29, 0.717) is 17.4 Å². The number of halogens is 1. The maximum Gasteiger partial charge on any atom is 0.207 e. The summed E-state index contributed by atoms with van der Waals surface area (Å²) < 4.78 is 20.9. The Morgan fingerprint density at radius 1 is 1.40 bits per heavy atom. The van der Waals surface area contributed by atoms with Gasteiger partial charge in [-0.05, 0) is 25.5 Å². The third kappa shape index (κ3) is 3.10. The second kappa shape index (κ2) is 6.41. The number of hydrogen-bond donors (Lipinski definition) is 1. The molecule has 0 spiro atoms. The molecule has 1 heterocycles. The first-order valence-corrected chi connectivity index (χ1v) is 6.79. The van der Waals surface area contributed by atoms with Gasteiger partial charge in [-0.1, -0.05) is 13.3 Å². The molecule has 4 nitrogen and oxygen atoms in total. The van der Waals surface area contributed by atoms with E-state index in [2.05, 4.69) is 17.2 Å². The van der Waals surface area contributed by atoms with Crippen molar-refractivity contribution < 1.29 is 9.13 Å². The van der Waals surface area contributed by atoms with Gasteiger partial charge < -0.3 is 10.1 Å². The van der Waals surface area contributed by atoms with Gasteiger partial charge in [-0.15, -0.1) is 0 Å². The minimum Gasteiger partial charge on any atom is -0.497 e. The summed E-state index contributed by atoms with van der Waals surface area (Å²) in [4.78, 5) is 4.40. The third-order valence-corrected chi connectivity index (χ3v) is 3.05. The monoisotopic (exact) mass is 277 g/mol. The first-order chi connectivity index (χ1) is 9.65. The molecule has 2 aromatic rings. The highest BCUT2D eigenvalue weighted by atomic mass is 19.1. The lowest BCUT2D eigenvalue weighted by Crippen LogP contribution is -2.08. The van der Waals surface area contributed by atoms with Crippen LogP contribution in [0.2, 0.25) is 0 Å². The number of anilines is 1. The van der Waals surface area contributed by atoms with Crippen molar-refractivity contribution >= 4 is 5.95 Å². The predicted octanol–water partition coefficient (Wildman–Crippen LogP) is 3.54. The molecule has 0 saturated heterocycles. The summed E-state index contributed by atoms with van der Waals surface area (Å²) in [6, 6.07) is 4.67. The Morgan fingerprint density at radius 3 is 2.90 bits per heavy atom. The number of unbranched alkanes of at least 4 members (excludes halogenated alkanes) is 1. The Balaban J connectivity index is 2.36. The van der Waals surface area contributed by atoms with Crippen LogP contribution >= 0.6 is 0 Å². The molecule has 0 amide bonds. The number of rotatable bonds is 6. The van der Waals surface area contributed by atoms with E-state index >= 15 is 0 Å². The summed E-state index contributed by atoms with van der Waals surface area (Å²) in [6.07, 6.45) is 3.96. The molecule has 1 N–H and O–H groups in total. The van der Waals surface area contributed by atoms with Crippen molar-refractivity contribution in [2.75, 3.05) is 19.0 Å². The van der Waals surface area contributed by atoms with Crippen LogP contribution in [0.3, 0.4) is 0 Å². The summed E-state index contributed by atoms with van der Waals surface area (Å²) in [5, 5.41) is 3.24. The second-order valence-electron chi connectivity index (χ2n) is 4.67. The normalized spacial score (nSPS) is 10.6. The number of aromatic nitrogens is 2. The molecule has 5 heteroatoms. The van der Waals surface area contributed by atoms with Gasteiger partial charge in [-0.25, -0.2) is 9.37 Å². The van der Waals surface area contributed by atoms with Gasteiger partial charge in [0.25, 0.3) is 0 Å². The molecule has 0 radical (unpaired) electrons. The number of hydrogen-bond acceptors (Lipinski definition) is 3. The molecule has 1 aromatic heterocycles. The molecule has 0 unspecified atom stereocenters. The lowest BCUT2D eigenvalue weighted by atomic mass is 10.3. The third-order valence-electron chi connectivity index (χ3n) is 3.05. The maximum atomic E-state index is 14.0. The Morgan fingerprint density at radius 2 is 2.20 bits per heavy atom. The Hall–Kier alpha value is -2.04. The zero-order valence-electron chi connectivity index (χ0n) is 12.1. The van der Waals surface area contributed by atoms with Crippen molar-refractivity contribution in [3.63, 3.8) is 0 Å². The van der Waals surface area contributed by atoms with E-state index in [4.69, 9.17) is 4.74 Å². The minimum atomic E-state index is -0.304. The van der Waals surface area contributed by atoms with Crippen molar-refractivity contribution in [2.24, 2.45) is 0 Å². The first-order valence-electron chi connectivity index (χ1n) is 6.79. The predicted molar refractivity (Wildman–Crippen MR) is 78.2 cm³/mol. The molecule has 0 saturated carbocycles. The average Bonchev–Trinajstić information content (AvgIpc) is 2.81. The highest BCUT2D eigenvalue weighted by Gasteiger charge is 2.12. The lowest BCUT2D eigenvalue weighted by molar-refractivity contribution is 0.413. The summed E-state index contributed by atoms with van der Waals surface area (Å²) in [6.45, 7) is 4.83. The molecular weight excluding hydrogens is 257 g/mol. The van der Waals surface area contributed by atoms with Crippen molar-refractivity contribution in [3.05, 3.63) is 35.9 Å². The molecule has 0 atom stereocenters. The van der Waals surface area contributed by atoms with Gasteiger partial charge in [0.05, 0.1) is 18.5 Å². The zero-order valence-corrected chi connectivity index (χ0v) is 12.1. The molecule has 0 aliphatic carbocycles. The van der Waals surface area contributed by atoms with Crippen molar-refractivity contribution in [2.45, 2.75) is 26.7 Å². The zero-order chi connectivity index (χ0) is 14.5. The van der Waals surface area contributed by atoms with Gasteiger partial charge in [-0.3, -0.25) is 4.57 Å². The van der Waals surface area contributed by atoms with Crippen LogP contribution in [0, 0.1) is 12.7 Å². The number of nitrogens with one attached hydrogen (secondary N) is 1. The van der Waals surface area contributed by atoms with Crippen LogP contribution in [0.25, 0.3) is 5.69 Å². The molecule has 2 rings (SSSR count). The minimum absolute atomic E-state index is 0.304. The van der Waals surface area contributed by atoms with Crippen LogP contribution < -0.4 is 10.1 Å². The smallest absolute Gasteiger partial charge is 0.207 e. The average molecular weight is 277 g/mol. The molecule has 0 fully saturated rings. The second-order valence-corrected chi connectivity index (χ2v) is 4.67. The summed E-state index contributed by atoms with van der Waals surface area (Å²) in [7, 11) is 1.57. The van der Waals surface area contributed by atoms with Crippen LogP contribution in [0.4, 0.5) is 10.3 Å². The molecule has 108 valence electrons. The SMILES string of the molecule is CCCCNc1nc(C)cn1-c1cc(OC)ccc1F. The maximum absolute atomic E-state index is 14.0. The largest absolute Gasteiger partial charge is 0.497 e. The highest BCUT2D eigenvalue weighted by molar-refractivity contribution is 5.47. The van der Waals surface area contributed by atoms with Crippen LogP contribution in [0.1, 0.15) is 25.5 Å². The number of benzene rings is 1. The van der Waals surface area contributed by atoms with Gasteiger partial charge in [-0.2, -0.15) is 0 Å². The first kappa shape index (κ1) is 14.4. The highest BCUT2D eigenvalue weighted by Crippen LogP contribution is 2.24. The van der Waals surface area contributed by atoms with Crippen LogP contribution in [0.15, 0.2) is 24.4 Å². The van der Waals surface area contributed by atoms with E-state index in [1.54, 1.807) is 23.8 Å². The number of nitrogens with zero attached hydrogens (tertiary/aromatic N) is 2. The van der Waals surface area contributed by atoms with E-state index in [9.17, 15) is 4.39 Å². The molecule has 1 aromatic carbocycles. The number of aryl methyl sites for hydroxylation is 1. The summed E-state index contributed by atoms with van der Waals surface area (Å²) in [5.74, 6) is 0.970. The molecule has 0 aliphatic rings. The van der Waals surface area contributed by atoms with Gasteiger partial charge in [0.1, 0.15) is 11.6 Å². The van der Waals surface area contributed by atoms with Crippen LogP contribution in [-0.4, -0.2) is 23.2 Å². The lowest BCUT2D eigenvalue weighted by Gasteiger charge is -2.11. The Labute approximate surface area is 118 Å². The molecule has 0 aliphatic heterocycles. The quantitative estimate of drug-likeness (QED) is 0.821. The number of imidazole rings is 1. The van der Waals surface area contributed by atoms with E-state index in [-0.39, 0.29) is 5.82 Å². The van der Waals surface area contributed by atoms with Crippen molar-refractivity contribution in [3.8, 4) is 11.4 Å². The van der Waals surface area contributed by atoms with Crippen LogP contribution in [0.5, 0.6) is 5.75 Å². The fourth-order valence-corrected chi connectivity index (χ4v) is 1.99. The molecular formula is C15H20FN3O. The Kier molecular flexibility index (Phi) is 4.61. The number of ether oxygens (including phenoxy) is 1. The van der Waals surface area contributed by atoms with E-state index in [0.717, 1.165) is 25.1 Å². The van der Waals surface area contributed by atoms with Crippen LogP contribution in [-0.2, 0) is 0 Å². The molecule has 0 bridgehead atoms. The summed E-state index contributed by atoms with van der Waals surface area (Å²) in [5.41, 5.74) is 1.27. The summed E-state index contributed by atoms with van der Waals surface area (Å²) >= 11 is 0. The van der Waals surface area contributed by atoms with E-state index < -0.39 is 0 Å².